The van der Waals surface area contributed by atoms with Crippen LogP contribution >= 0.6 is 0 Å². The SMILES string of the molecule is CC(C)c1ccccc1OC[C@@H](O)CN1C(=O)N[C@](C)(C2CC2)C1=O. The largest absolute Gasteiger partial charge is 0.491 e. The summed E-state index contributed by atoms with van der Waals surface area (Å²) in [5.41, 5.74) is 0.244. The summed E-state index contributed by atoms with van der Waals surface area (Å²) in [6, 6.07) is 7.25. The number of carbonyl (C=O) groups is 2. The molecule has 6 heteroatoms. The zero-order valence-electron chi connectivity index (χ0n) is 15.0. The lowest BCUT2D eigenvalue weighted by Crippen LogP contribution is -2.46. The lowest BCUT2D eigenvalue weighted by Gasteiger charge is -2.22. The summed E-state index contributed by atoms with van der Waals surface area (Å²) < 4.78 is 5.73. The summed E-state index contributed by atoms with van der Waals surface area (Å²) in [5, 5.41) is 13.0. The number of β-amino-alcohol motifs (C(OH)–C–C–N with tert-alkyl or cyclic N) is 1. The van der Waals surface area contributed by atoms with Gasteiger partial charge in [0, 0.05) is 0 Å². The van der Waals surface area contributed by atoms with Crippen molar-refractivity contribution in [3.63, 3.8) is 0 Å². The van der Waals surface area contributed by atoms with Crippen LogP contribution in [0.15, 0.2) is 24.3 Å². The van der Waals surface area contributed by atoms with Crippen molar-refractivity contribution in [2.24, 2.45) is 5.92 Å². The molecule has 0 bridgehead atoms. The van der Waals surface area contributed by atoms with E-state index in [9.17, 15) is 14.7 Å². The molecule has 1 aliphatic heterocycles. The Labute approximate surface area is 148 Å². The molecule has 6 nitrogen and oxygen atoms in total. The van der Waals surface area contributed by atoms with Crippen LogP contribution in [-0.2, 0) is 4.79 Å². The van der Waals surface area contributed by atoms with E-state index in [1.54, 1.807) is 6.92 Å². The molecule has 1 saturated heterocycles. The highest BCUT2D eigenvalue weighted by Gasteiger charge is 2.56. The highest BCUT2D eigenvalue weighted by Crippen LogP contribution is 2.42. The summed E-state index contributed by atoms with van der Waals surface area (Å²) in [7, 11) is 0. The molecular formula is C19H26N2O4. The molecule has 1 saturated carbocycles. The standard InChI is InChI=1S/C19H26N2O4/c1-12(2)15-6-4-5-7-16(15)25-11-14(22)10-21-17(23)19(3,13-8-9-13)20-18(21)24/h4-7,12-14,22H,8-11H2,1-3H3,(H,20,24)/t14-,19+/m0/s1. The smallest absolute Gasteiger partial charge is 0.325 e. The van der Waals surface area contributed by atoms with Crippen molar-refractivity contribution in [3.05, 3.63) is 29.8 Å². The third kappa shape index (κ3) is 3.49. The first-order chi connectivity index (χ1) is 11.8. The fourth-order valence-electron chi connectivity index (χ4n) is 3.36. The van der Waals surface area contributed by atoms with E-state index in [1.165, 1.54) is 0 Å². The lowest BCUT2D eigenvalue weighted by atomic mass is 9.96. The predicted octanol–water partition coefficient (Wildman–Crippen LogP) is 2.27. The number of rotatable bonds is 7. The number of urea groups is 1. The molecule has 0 aromatic heterocycles. The molecule has 2 aliphatic rings. The Hall–Kier alpha value is -2.08. The van der Waals surface area contributed by atoms with Crippen LogP contribution in [0.5, 0.6) is 5.75 Å². The number of imide groups is 1. The minimum Gasteiger partial charge on any atom is -0.491 e. The highest BCUT2D eigenvalue weighted by atomic mass is 16.5. The van der Waals surface area contributed by atoms with Crippen LogP contribution in [0.2, 0.25) is 0 Å². The van der Waals surface area contributed by atoms with Gasteiger partial charge in [-0.3, -0.25) is 9.69 Å². The average molecular weight is 346 g/mol. The van der Waals surface area contributed by atoms with Crippen molar-refractivity contribution in [3.8, 4) is 5.75 Å². The zero-order chi connectivity index (χ0) is 18.2. The Kier molecular flexibility index (Phi) is 4.73. The first-order valence-corrected chi connectivity index (χ1v) is 8.87. The van der Waals surface area contributed by atoms with E-state index in [0.29, 0.717) is 5.92 Å². The molecule has 1 aromatic carbocycles. The Balaban J connectivity index is 1.59. The van der Waals surface area contributed by atoms with Gasteiger partial charge in [0.15, 0.2) is 0 Å². The summed E-state index contributed by atoms with van der Waals surface area (Å²) in [6.45, 7) is 5.89. The van der Waals surface area contributed by atoms with Gasteiger partial charge in [0.1, 0.15) is 24.0 Å². The Morgan fingerprint density at radius 1 is 1.32 bits per heavy atom. The molecule has 3 amide bonds. The van der Waals surface area contributed by atoms with Gasteiger partial charge in [-0.15, -0.1) is 0 Å². The van der Waals surface area contributed by atoms with Gasteiger partial charge in [0.25, 0.3) is 5.91 Å². The second kappa shape index (κ2) is 6.67. The zero-order valence-corrected chi connectivity index (χ0v) is 15.0. The van der Waals surface area contributed by atoms with Gasteiger partial charge >= 0.3 is 6.03 Å². The predicted molar refractivity (Wildman–Crippen MR) is 93.4 cm³/mol. The molecule has 136 valence electrons. The molecule has 2 N–H and O–H groups in total. The van der Waals surface area contributed by atoms with E-state index in [2.05, 4.69) is 19.2 Å². The number of hydrogen-bond acceptors (Lipinski definition) is 4. The van der Waals surface area contributed by atoms with Crippen LogP contribution in [0.1, 0.15) is 45.1 Å². The number of hydrogen-bond donors (Lipinski definition) is 2. The van der Waals surface area contributed by atoms with Crippen LogP contribution in [0.3, 0.4) is 0 Å². The molecule has 2 fully saturated rings. The molecule has 0 spiro atoms. The number of benzene rings is 1. The van der Waals surface area contributed by atoms with Gasteiger partial charge in [-0.25, -0.2) is 4.79 Å². The molecule has 1 aliphatic carbocycles. The molecular weight excluding hydrogens is 320 g/mol. The van der Waals surface area contributed by atoms with E-state index in [-0.39, 0.29) is 25.0 Å². The van der Waals surface area contributed by atoms with Crippen LogP contribution in [0.4, 0.5) is 4.79 Å². The number of amides is 3. The van der Waals surface area contributed by atoms with E-state index >= 15 is 0 Å². The normalized spacial score (nSPS) is 24.6. The topological polar surface area (TPSA) is 78.9 Å². The lowest BCUT2D eigenvalue weighted by molar-refractivity contribution is -0.132. The van der Waals surface area contributed by atoms with Crippen LogP contribution < -0.4 is 10.1 Å². The van der Waals surface area contributed by atoms with Crippen molar-refractivity contribution < 1.29 is 19.4 Å². The molecule has 1 aromatic rings. The van der Waals surface area contributed by atoms with Crippen molar-refractivity contribution in [2.75, 3.05) is 13.2 Å². The molecule has 25 heavy (non-hydrogen) atoms. The minimum absolute atomic E-state index is 0.0287. The summed E-state index contributed by atoms with van der Waals surface area (Å²) in [5.74, 6) is 0.983. The number of nitrogens with one attached hydrogen (secondary N) is 1. The van der Waals surface area contributed by atoms with Gasteiger partial charge in [0.2, 0.25) is 0 Å². The van der Waals surface area contributed by atoms with Crippen molar-refractivity contribution in [2.45, 2.75) is 51.2 Å². The van der Waals surface area contributed by atoms with Crippen LogP contribution in [0.25, 0.3) is 0 Å². The molecule has 2 atom stereocenters. The maximum Gasteiger partial charge on any atom is 0.325 e. The number of aliphatic hydroxyl groups is 1. The third-order valence-electron chi connectivity index (χ3n) is 5.06. The third-order valence-corrected chi connectivity index (χ3v) is 5.06. The fourth-order valence-corrected chi connectivity index (χ4v) is 3.36. The van der Waals surface area contributed by atoms with E-state index < -0.39 is 17.7 Å². The fraction of sp³-hybridized carbons (Fsp3) is 0.579. The first-order valence-electron chi connectivity index (χ1n) is 8.87. The maximum atomic E-state index is 12.6. The summed E-state index contributed by atoms with van der Waals surface area (Å²) in [4.78, 5) is 25.8. The van der Waals surface area contributed by atoms with E-state index in [4.69, 9.17) is 4.74 Å². The summed E-state index contributed by atoms with van der Waals surface area (Å²) in [6.07, 6.45) is 0.971. The van der Waals surface area contributed by atoms with Gasteiger partial charge in [-0.1, -0.05) is 32.0 Å². The Morgan fingerprint density at radius 2 is 2.00 bits per heavy atom. The highest BCUT2D eigenvalue weighted by molar-refractivity contribution is 6.07. The van der Waals surface area contributed by atoms with E-state index in [0.717, 1.165) is 29.1 Å². The van der Waals surface area contributed by atoms with Crippen molar-refractivity contribution in [1.29, 1.82) is 0 Å². The molecule has 1 heterocycles. The van der Waals surface area contributed by atoms with Crippen LogP contribution in [0, 0.1) is 5.92 Å². The van der Waals surface area contributed by atoms with Gasteiger partial charge < -0.3 is 15.2 Å². The second-order valence-electron chi connectivity index (χ2n) is 7.48. The number of aliphatic hydroxyl groups excluding tert-OH is 1. The van der Waals surface area contributed by atoms with Crippen molar-refractivity contribution in [1.82, 2.24) is 10.2 Å². The van der Waals surface area contributed by atoms with Crippen molar-refractivity contribution >= 4 is 11.9 Å². The minimum atomic E-state index is -0.934. The average Bonchev–Trinajstić information content (AvgIpc) is 3.39. The number of carbonyl (C=O) groups excluding carboxylic acids is 2. The maximum absolute atomic E-state index is 12.6. The second-order valence-corrected chi connectivity index (χ2v) is 7.48. The molecule has 3 rings (SSSR count). The number of nitrogens with zero attached hydrogens (tertiary/aromatic N) is 1. The van der Waals surface area contributed by atoms with Gasteiger partial charge in [-0.2, -0.15) is 0 Å². The molecule has 0 radical (unpaired) electrons. The van der Waals surface area contributed by atoms with E-state index in [1.807, 2.05) is 24.3 Å². The van der Waals surface area contributed by atoms with Gasteiger partial charge in [-0.05, 0) is 43.2 Å². The number of para-hydroxylation sites is 1. The quantitative estimate of drug-likeness (QED) is 0.743. The summed E-state index contributed by atoms with van der Waals surface area (Å²) >= 11 is 0. The first kappa shape index (κ1) is 17.7. The molecule has 0 unspecified atom stereocenters. The number of ether oxygens (including phenoxy) is 1. The Bertz CT molecular complexity index is 671. The monoisotopic (exact) mass is 346 g/mol. The van der Waals surface area contributed by atoms with Crippen LogP contribution in [-0.4, -0.2) is 46.7 Å². The van der Waals surface area contributed by atoms with Gasteiger partial charge in [0.05, 0.1) is 6.54 Å². The Morgan fingerprint density at radius 3 is 2.64 bits per heavy atom.